The van der Waals surface area contributed by atoms with Gasteiger partial charge in [0, 0.05) is 22.5 Å². The molecule has 0 atom stereocenters. The van der Waals surface area contributed by atoms with Crippen LogP contribution in [0.15, 0.2) is 212 Å². The van der Waals surface area contributed by atoms with Crippen molar-refractivity contribution in [2.75, 3.05) is 4.90 Å². The predicted molar refractivity (Wildman–Crippen MR) is 239 cm³/mol. The van der Waals surface area contributed by atoms with Gasteiger partial charge in [0.05, 0.1) is 5.41 Å². The van der Waals surface area contributed by atoms with Crippen LogP contribution in [-0.2, 0) is 10.8 Å². The monoisotopic (exact) mass is 727 g/mol. The lowest BCUT2D eigenvalue weighted by atomic mass is 9.66. The second-order valence-corrected chi connectivity index (χ2v) is 16.1. The van der Waals surface area contributed by atoms with E-state index in [1.165, 1.54) is 77.5 Å². The molecule has 0 aromatic heterocycles. The van der Waals surface area contributed by atoms with E-state index < -0.39 is 5.41 Å². The molecule has 0 unspecified atom stereocenters. The third-order valence-corrected chi connectivity index (χ3v) is 12.7. The maximum absolute atomic E-state index is 2.49. The topological polar surface area (TPSA) is 3.24 Å². The molecule has 0 spiro atoms. The summed E-state index contributed by atoms with van der Waals surface area (Å²) >= 11 is 0. The number of hydrogen-bond acceptors (Lipinski definition) is 1. The molecule has 9 aromatic rings. The Morgan fingerprint density at radius 2 is 0.842 bits per heavy atom. The normalized spacial score (nSPS) is 14.1. The molecule has 0 radical (unpaired) electrons. The number of nitrogens with zero attached hydrogens (tertiary/aromatic N) is 1. The fourth-order valence-corrected chi connectivity index (χ4v) is 10.1. The summed E-state index contributed by atoms with van der Waals surface area (Å²) in [5, 5.41) is 2.54. The summed E-state index contributed by atoms with van der Waals surface area (Å²) < 4.78 is 0. The first kappa shape index (κ1) is 33.4. The number of benzene rings is 9. The third-order valence-electron chi connectivity index (χ3n) is 12.7. The lowest BCUT2D eigenvalue weighted by molar-refractivity contribution is 0.660. The number of rotatable bonds is 6. The Bertz CT molecular complexity index is 2920. The van der Waals surface area contributed by atoms with Gasteiger partial charge in [-0.3, -0.25) is 0 Å². The zero-order valence-electron chi connectivity index (χ0n) is 32.2. The molecule has 11 rings (SSSR count). The lowest BCUT2D eigenvalue weighted by Crippen LogP contribution is -2.29. The molecule has 2 aliphatic carbocycles. The number of fused-ring (bicyclic) bond motifs is 8. The van der Waals surface area contributed by atoms with Gasteiger partial charge in [-0.15, -0.1) is 0 Å². The van der Waals surface area contributed by atoms with Crippen molar-refractivity contribution in [1.82, 2.24) is 0 Å². The van der Waals surface area contributed by atoms with Gasteiger partial charge in [0.2, 0.25) is 0 Å². The molecule has 9 aromatic carbocycles. The van der Waals surface area contributed by atoms with E-state index in [0.717, 1.165) is 17.1 Å². The van der Waals surface area contributed by atoms with Crippen molar-refractivity contribution < 1.29 is 0 Å². The zero-order chi connectivity index (χ0) is 38.1. The van der Waals surface area contributed by atoms with Gasteiger partial charge in [-0.25, -0.2) is 0 Å². The number of anilines is 3. The van der Waals surface area contributed by atoms with E-state index in [1.54, 1.807) is 0 Å². The molecule has 270 valence electrons. The Labute approximate surface area is 335 Å². The summed E-state index contributed by atoms with van der Waals surface area (Å²) in [5.41, 5.74) is 18.3. The van der Waals surface area contributed by atoms with E-state index in [9.17, 15) is 0 Å². The van der Waals surface area contributed by atoms with Gasteiger partial charge in [-0.05, 0) is 114 Å². The highest BCUT2D eigenvalue weighted by molar-refractivity contribution is 6.01. The van der Waals surface area contributed by atoms with Crippen molar-refractivity contribution in [2.45, 2.75) is 24.7 Å². The van der Waals surface area contributed by atoms with Crippen LogP contribution >= 0.6 is 0 Å². The quantitative estimate of drug-likeness (QED) is 0.165. The minimum atomic E-state index is -0.547. The lowest BCUT2D eigenvalue weighted by Gasteiger charge is -2.35. The summed E-state index contributed by atoms with van der Waals surface area (Å²) in [6, 6.07) is 78.8. The molecule has 1 nitrogen and oxygen atoms in total. The second-order valence-electron chi connectivity index (χ2n) is 16.1. The van der Waals surface area contributed by atoms with Crippen LogP contribution in [0.1, 0.15) is 47.2 Å². The molecule has 57 heavy (non-hydrogen) atoms. The van der Waals surface area contributed by atoms with Gasteiger partial charge in [-0.1, -0.05) is 190 Å². The maximum atomic E-state index is 2.49. The highest BCUT2D eigenvalue weighted by Crippen LogP contribution is 2.59. The van der Waals surface area contributed by atoms with Gasteiger partial charge < -0.3 is 4.90 Å². The van der Waals surface area contributed by atoms with Gasteiger partial charge in [0.15, 0.2) is 0 Å². The molecule has 0 saturated heterocycles. The first-order valence-electron chi connectivity index (χ1n) is 20.0. The van der Waals surface area contributed by atoms with E-state index in [-0.39, 0.29) is 5.41 Å². The standard InChI is InChI=1S/C56H41N/c1-55(2)51-25-15-14-24-47(51)48-34-31-44(36-52(48)55)57(43-29-26-39(27-30-43)38-16-6-3-7-17-38)45-32-35-49-50-33-28-40-18-12-13-23-46(40)54(50)56(53(49)37-45,41-19-8-4-9-20-41)42-21-10-5-11-22-42/h3-37H,1-2H3. The first-order chi connectivity index (χ1) is 28.0. The molecule has 0 bridgehead atoms. The maximum Gasteiger partial charge on any atom is 0.0720 e. The minimum absolute atomic E-state index is 0.124. The molecule has 0 fully saturated rings. The van der Waals surface area contributed by atoms with Crippen LogP contribution in [0.3, 0.4) is 0 Å². The third kappa shape index (κ3) is 4.95. The largest absolute Gasteiger partial charge is 0.310 e. The van der Waals surface area contributed by atoms with Crippen LogP contribution in [0.5, 0.6) is 0 Å². The van der Waals surface area contributed by atoms with Gasteiger partial charge in [-0.2, -0.15) is 0 Å². The fraction of sp³-hybridized carbons (Fsp3) is 0.0714. The predicted octanol–water partition coefficient (Wildman–Crippen LogP) is 14.6. The SMILES string of the molecule is CC1(C)c2ccccc2-c2ccc(N(c3ccc(-c4ccccc4)cc3)c3ccc4c(c3)C(c3ccccc3)(c3ccccc3)c3c-4ccc4ccccc34)cc21. The molecule has 0 amide bonds. The summed E-state index contributed by atoms with van der Waals surface area (Å²) in [7, 11) is 0. The van der Waals surface area contributed by atoms with E-state index in [1.807, 2.05) is 0 Å². The molecule has 0 heterocycles. The van der Waals surface area contributed by atoms with Gasteiger partial charge in [0.1, 0.15) is 0 Å². The van der Waals surface area contributed by atoms with Crippen molar-refractivity contribution in [2.24, 2.45) is 0 Å². The summed E-state index contributed by atoms with van der Waals surface area (Å²) in [6.07, 6.45) is 0. The smallest absolute Gasteiger partial charge is 0.0720 e. The highest BCUT2D eigenvalue weighted by Gasteiger charge is 2.47. The van der Waals surface area contributed by atoms with Crippen LogP contribution < -0.4 is 4.90 Å². The van der Waals surface area contributed by atoms with E-state index in [2.05, 4.69) is 231 Å². The zero-order valence-corrected chi connectivity index (χ0v) is 32.2. The molecule has 2 aliphatic rings. The average molecular weight is 728 g/mol. The Kier molecular flexibility index (Phi) is 7.50. The minimum Gasteiger partial charge on any atom is -0.310 e. The summed E-state index contributed by atoms with van der Waals surface area (Å²) in [4.78, 5) is 2.47. The second kappa shape index (κ2) is 12.8. The first-order valence-corrected chi connectivity index (χ1v) is 20.0. The molecular weight excluding hydrogens is 687 g/mol. The molecule has 1 heteroatoms. The van der Waals surface area contributed by atoms with Gasteiger partial charge in [0.25, 0.3) is 0 Å². The summed E-state index contributed by atoms with van der Waals surface area (Å²) in [5.74, 6) is 0. The van der Waals surface area contributed by atoms with Crippen LogP contribution in [0.2, 0.25) is 0 Å². The molecular formula is C56H41N. The van der Waals surface area contributed by atoms with Crippen molar-refractivity contribution in [3.63, 3.8) is 0 Å². The Morgan fingerprint density at radius 1 is 0.351 bits per heavy atom. The average Bonchev–Trinajstić information content (AvgIpc) is 3.70. The van der Waals surface area contributed by atoms with E-state index >= 15 is 0 Å². The van der Waals surface area contributed by atoms with Crippen LogP contribution in [-0.4, -0.2) is 0 Å². The van der Waals surface area contributed by atoms with Crippen molar-refractivity contribution >= 4 is 27.8 Å². The van der Waals surface area contributed by atoms with E-state index in [0.29, 0.717) is 0 Å². The van der Waals surface area contributed by atoms with Crippen LogP contribution in [0.25, 0.3) is 44.2 Å². The molecule has 0 saturated carbocycles. The van der Waals surface area contributed by atoms with E-state index in [4.69, 9.17) is 0 Å². The molecule has 0 N–H and O–H groups in total. The Morgan fingerprint density at radius 3 is 1.53 bits per heavy atom. The Hall–Kier alpha value is -6.96. The van der Waals surface area contributed by atoms with Crippen LogP contribution in [0, 0.1) is 0 Å². The fourth-order valence-electron chi connectivity index (χ4n) is 10.1. The number of hydrogen-bond donors (Lipinski definition) is 0. The van der Waals surface area contributed by atoms with Crippen molar-refractivity contribution in [1.29, 1.82) is 0 Å². The van der Waals surface area contributed by atoms with Crippen molar-refractivity contribution in [3.05, 3.63) is 246 Å². The highest BCUT2D eigenvalue weighted by atomic mass is 15.1. The van der Waals surface area contributed by atoms with Gasteiger partial charge >= 0.3 is 0 Å². The molecule has 0 aliphatic heterocycles. The van der Waals surface area contributed by atoms with Crippen LogP contribution in [0.4, 0.5) is 17.1 Å². The Balaban J connectivity index is 1.18. The summed E-state index contributed by atoms with van der Waals surface area (Å²) in [6.45, 7) is 4.73. The van der Waals surface area contributed by atoms with Crippen molar-refractivity contribution in [3.8, 4) is 33.4 Å².